The predicted molar refractivity (Wildman–Crippen MR) is 101 cm³/mol. The molecular weight excluding hydrogens is 351 g/mol. The van der Waals surface area contributed by atoms with E-state index >= 15 is 0 Å². The van der Waals surface area contributed by atoms with Crippen molar-refractivity contribution in [3.8, 4) is 5.75 Å². The largest absolute Gasteiger partial charge is 0.484 e. The normalized spacial score (nSPS) is 11.0. The minimum absolute atomic E-state index is 0.233. The van der Waals surface area contributed by atoms with Gasteiger partial charge in [0.15, 0.2) is 0 Å². The van der Waals surface area contributed by atoms with Gasteiger partial charge >= 0.3 is 0 Å². The van der Waals surface area contributed by atoms with Gasteiger partial charge in [0, 0.05) is 5.56 Å². The highest BCUT2D eigenvalue weighted by atomic mass is 35.5. The van der Waals surface area contributed by atoms with Crippen molar-refractivity contribution < 1.29 is 9.13 Å². The summed E-state index contributed by atoms with van der Waals surface area (Å²) < 4.78 is 22.0. The van der Waals surface area contributed by atoms with Gasteiger partial charge in [0.2, 0.25) is 0 Å². The molecule has 0 atom stereocenters. The highest BCUT2D eigenvalue weighted by Crippen LogP contribution is 2.25. The van der Waals surface area contributed by atoms with Gasteiger partial charge in [-0.25, -0.2) is 9.37 Å². The number of imidazole rings is 1. The van der Waals surface area contributed by atoms with Crippen LogP contribution < -0.4 is 4.74 Å². The van der Waals surface area contributed by atoms with E-state index in [4.69, 9.17) is 16.3 Å². The first-order valence-corrected chi connectivity index (χ1v) is 8.65. The van der Waals surface area contributed by atoms with Crippen LogP contribution in [0.5, 0.6) is 5.75 Å². The summed E-state index contributed by atoms with van der Waals surface area (Å²) in [5, 5.41) is 0.546. The minimum Gasteiger partial charge on any atom is -0.484 e. The van der Waals surface area contributed by atoms with Gasteiger partial charge in [-0.05, 0) is 30.3 Å². The highest BCUT2D eigenvalue weighted by molar-refractivity contribution is 6.32. The monoisotopic (exact) mass is 366 g/mol. The SMILES string of the molecule is Fc1ccccc1Cn1c(COc2ccccc2Cl)nc2ccccc21. The quantitative estimate of drug-likeness (QED) is 0.469. The second kappa shape index (κ2) is 7.18. The summed E-state index contributed by atoms with van der Waals surface area (Å²) in [6.45, 7) is 0.626. The standard InChI is InChI=1S/C21H16ClFN2O/c22-16-8-2-6-12-20(16)26-14-21-24-18-10-4-5-11-19(18)25(21)13-15-7-1-3-9-17(15)23/h1-12H,13-14H2. The molecule has 5 heteroatoms. The molecule has 0 saturated carbocycles. The predicted octanol–water partition coefficient (Wildman–Crippen LogP) is 5.46. The van der Waals surface area contributed by atoms with E-state index in [2.05, 4.69) is 4.98 Å². The zero-order valence-corrected chi connectivity index (χ0v) is 14.7. The number of fused-ring (bicyclic) bond motifs is 1. The molecule has 0 amide bonds. The molecule has 0 aliphatic heterocycles. The van der Waals surface area contributed by atoms with Crippen molar-refractivity contribution in [3.05, 3.63) is 95.0 Å². The summed E-state index contributed by atoms with van der Waals surface area (Å²) in [5.74, 6) is 1.08. The third-order valence-corrected chi connectivity index (χ3v) is 4.53. The Balaban J connectivity index is 1.70. The molecule has 0 N–H and O–H groups in total. The van der Waals surface area contributed by atoms with Gasteiger partial charge in [0.05, 0.1) is 22.6 Å². The van der Waals surface area contributed by atoms with E-state index in [0.29, 0.717) is 22.9 Å². The van der Waals surface area contributed by atoms with Gasteiger partial charge in [0.25, 0.3) is 0 Å². The van der Waals surface area contributed by atoms with Gasteiger partial charge in [-0.1, -0.05) is 54.1 Å². The van der Waals surface area contributed by atoms with E-state index in [1.807, 2.05) is 53.1 Å². The molecule has 0 aliphatic rings. The van der Waals surface area contributed by atoms with Crippen molar-refractivity contribution in [1.82, 2.24) is 9.55 Å². The molecule has 1 aromatic heterocycles. The Morgan fingerprint density at radius 2 is 1.65 bits per heavy atom. The molecular formula is C21H16ClFN2O. The number of hydrogen-bond acceptors (Lipinski definition) is 2. The zero-order valence-electron chi connectivity index (χ0n) is 13.9. The fourth-order valence-corrected chi connectivity index (χ4v) is 3.10. The molecule has 1 heterocycles. The number of benzene rings is 3. The second-order valence-corrected chi connectivity index (χ2v) is 6.32. The average Bonchev–Trinajstić information content (AvgIpc) is 3.01. The van der Waals surface area contributed by atoms with Crippen LogP contribution in [0.3, 0.4) is 0 Å². The van der Waals surface area contributed by atoms with Crippen LogP contribution in [0.4, 0.5) is 4.39 Å². The lowest BCUT2D eigenvalue weighted by atomic mass is 10.2. The van der Waals surface area contributed by atoms with Crippen molar-refractivity contribution in [3.63, 3.8) is 0 Å². The maximum absolute atomic E-state index is 14.1. The Hall–Kier alpha value is -2.85. The van der Waals surface area contributed by atoms with Crippen LogP contribution in [-0.4, -0.2) is 9.55 Å². The Bertz CT molecular complexity index is 1060. The minimum atomic E-state index is -0.233. The number of nitrogens with zero attached hydrogens (tertiary/aromatic N) is 2. The lowest BCUT2D eigenvalue weighted by molar-refractivity contribution is 0.291. The molecule has 3 nitrogen and oxygen atoms in total. The topological polar surface area (TPSA) is 27.1 Å². The summed E-state index contributed by atoms with van der Waals surface area (Å²) in [6, 6.07) is 21.9. The summed E-state index contributed by atoms with van der Waals surface area (Å²) >= 11 is 6.16. The molecule has 0 bridgehead atoms. The van der Waals surface area contributed by atoms with Crippen LogP contribution in [0, 0.1) is 5.82 Å². The first-order valence-electron chi connectivity index (χ1n) is 8.27. The third kappa shape index (κ3) is 3.28. The van der Waals surface area contributed by atoms with Gasteiger partial charge in [-0.3, -0.25) is 0 Å². The van der Waals surface area contributed by atoms with Crippen LogP contribution in [0.1, 0.15) is 11.4 Å². The number of ether oxygens (including phenoxy) is 1. The zero-order chi connectivity index (χ0) is 17.9. The van der Waals surface area contributed by atoms with Gasteiger partial charge < -0.3 is 9.30 Å². The van der Waals surface area contributed by atoms with E-state index in [0.717, 1.165) is 16.9 Å². The van der Waals surface area contributed by atoms with Crippen molar-refractivity contribution in [2.45, 2.75) is 13.2 Å². The lowest BCUT2D eigenvalue weighted by Gasteiger charge is -2.12. The van der Waals surface area contributed by atoms with Gasteiger partial charge in [-0.15, -0.1) is 0 Å². The van der Waals surface area contributed by atoms with Crippen LogP contribution in [0.2, 0.25) is 5.02 Å². The average molecular weight is 367 g/mol. The van der Waals surface area contributed by atoms with Gasteiger partial charge in [-0.2, -0.15) is 0 Å². The summed E-state index contributed by atoms with van der Waals surface area (Å²) in [7, 11) is 0. The number of para-hydroxylation sites is 3. The van der Waals surface area contributed by atoms with Crippen LogP contribution >= 0.6 is 11.6 Å². The first-order chi connectivity index (χ1) is 12.7. The van der Waals surface area contributed by atoms with E-state index in [1.54, 1.807) is 18.2 Å². The molecule has 0 spiro atoms. The van der Waals surface area contributed by atoms with Crippen molar-refractivity contribution in [2.24, 2.45) is 0 Å². The Labute approximate surface area is 155 Å². The summed E-state index contributed by atoms with van der Waals surface area (Å²) in [4.78, 5) is 4.66. The van der Waals surface area contributed by atoms with Crippen LogP contribution in [-0.2, 0) is 13.2 Å². The first kappa shape index (κ1) is 16.6. The number of hydrogen-bond donors (Lipinski definition) is 0. The van der Waals surface area contributed by atoms with Crippen LogP contribution in [0.15, 0.2) is 72.8 Å². The lowest BCUT2D eigenvalue weighted by Crippen LogP contribution is -2.09. The molecule has 4 rings (SSSR count). The Morgan fingerprint density at radius 3 is 2.50 bits per heavy atom. The van der Waals surface area contributed by atoms with E-state index in [-0.39, 0.29) is 12.4 Å². The van der Waals surface area contributed by atoms with Crippen molar-refractivity contribution in [1.29, 1.82) is 0 Å². The molecule has 0 fully saturated rings. The highest BCUT2D eigenvalue weighted by Gasteiger charge is 2.13. The number of rotatable bonds is 5. The maximum Gasteiger partial charge on any atom is 0.148 e. The second-order valence-electron chi connectivity index (χ2n) is 5.91. The smallest absolute Gasteiger partial charge is 0.148 e. The van der Waals surface area contributed by atoms with Gasteiger partial charge in [0.1, 0.15) is 24.0 Å². The number of aromatic nitrogens is 2. The summed E-state index contributed by atoms with van der Waals surface area (Å²) in [6.07, 6.45) is 0. The molecule has 0 aliphatic carbocycles. The van der Waals surface area contributed by atoms with E-state index in [1.165, 1.54) is 6.07 Å². The third-order valence-electron chi connectivity index (χ3n) is 4.21. The molecule has 0 radical (unpaired) electrons. The number of halogens is 2. The van der Waals surface area contributed by atoms with Crippen molar-refractivity contribution >= 4 is 22.6 Å². The fraction of sp³-hybridized carbons (Fsp3) is 0.0952. The molecule has 26 heavy (non-hydrogen) atoms. The molecule has 130 valence electrons. The fourth-order valence-electron chi connectivity index (χ4n) is 2.91. The maximum atomic E-state index is 14.1. The summed E-state index contributed by atoms with van der Waals surface area (Å²) in [5.41, 5.74) is 2.39. The molecule has 0 unspecified atom stereocenters. The Kier molecular flexibility index (Phi) is 4.59. The Morgan fingerprint density at radius 1 is 0.923 bits per heavy atom. The molecule has 4 aromatic rings. The van der Waals surface area contributed by atoms with Crippen molar-refractivity contribution in [2.75, 3.05) is 0 Å². The van der Waals surface area contributed by atoms with Crippen LogP contribution in [0.25, 0.3) is 11.0 Å². The van der Waals surface area contributed by atoms with E-state index in [9.17, 15) is 4.39 Å². The molecule has 0 saturated heterocycles. The molecule has 3 aromatic carbocycles. The van der Waals surface area contributed by atoms with E-state index < -0.39 is 0 Å².